The molecule has 0 spiro atoms. The first-order valence-corrected chi connectivity index (χ1v) is 10.5. The van der Waals surface area contributed by atoms with Gasteiger partial charge in [0, 0.05) is 25.7 Å². The first kappa shape index (κ1) is 18.2. The van der Waals surface area contributed by atoms with Crippen molar-refractivity contribution in [1.29, 1.82) is 0 Å². The quantitative estimate of drug-likeness (QED) is 0.405. The number of nitrogens with one attached hydrogen (secondary N) is 2. The highest BCUT2D eigenvalue weighted by molar-refractivity contribution is 7.99. The van der Waals surface area contributed by atoms with E-state index < -0.39 is 0 Å². The van der Waals surface area contributed by atoms with E-state index in [2.05, 4.69) is 28.5 Å². The molecule has 4 rings (SSSR count). The normalized spacial score (nSPS) is 11.0. The van der Waals surface area contributed by atoms with E-state index in [1.165, 1.54) is 0 Å². The zero-order valence-corrected chi connectivity index (χ0v) is 17.0. The van der Waals surface area contributed by atoms with Crippen molar-refractivity contribution in [2.24, 2.45) is 0 Å². The van der Waals surface area contributed by atoms with Crippen molar-refractivity contribution in [2.75, 3.05) is 0 Å². The van der Waals surface area contributed by atoms with Crippen molar-refractivity contribution in [2.45, 2.75) is 23.3 Å². The van der Waals surface area contributed by atoms with Crippen molar-refractivity contribution in [3.8, 4) is 0 Å². The minimum Gasteiger partial charge on any atom is -0.350 e. The molecule has 27 heavy (non-hydrogen) atoms. The Hall–Kier alpha value is -2.21. The van der Waals surface area contributed by atoms with E-state index in [4.69, 9.17) is 11.6 Å². The second kappa shape index (κ2) is 7.80. The standard InChI is InChI=1S/C21H17ClN2OS2/c1-13-4-9-17-18(11-13)24-19(21(25)23-12-16-3-2-10-26-16)20(17)27-15-7-5-14(22)6-8-15/h2-11,24H,12H2,1H3,(H,23,25). The van der Waals surface area contributed by atoms with Gasteiger partial charge in [0.2, 0.25) is 0 Å². The van der Waals surface area contributed by atoms with Crippen molar-refractivity contribution < 1.29 is 4.79 Å². The van der Waals surface area contributed by atoms with Crippen LogP contribution in [0.1, 0.15) is 20.9 Å². The number of hydrogen-bond acceptors (Lipinski definition) is 3. The molecule has 2 heterocycles. The summed E-state index contributed by atoms with van der Waals surface area (Å²) in [6.07, 6.45) is 0. The Labute approximate surface area is 170 Å². The zero-order chi connectivity index (χ0) is 18.8. The molecule has 2 aromatic carbocycles. The molecule has 0 saturated heterocycles. The summed E-state index contributed by atoms with van der Waals surface area (Å²) < 4.78 is 0. The highest BCUT2D eigenvalue weighted by atomic mass is 35.5. The fourth-order valence-corrected chi connectivity index (χ4v) is 4.65. The number of carbonyl (C=O) groups is 1. The first-order valence-electron chi connectivity index (χ1n) is 8.46. The lowest BCUT2D eigenvalue weighted by Gasteiger charge is -2.06. The van der Waals surface area contributed by atoms with Crippen LogP contribution >= 0.6 is 34.7 Å². The van der Waals surface area contributed by atoms with Crippen LogP contribution in [0.4, 0.5) is 0 Å². The number of rotatable bonds is 5. The maximum atomic E-state index is 12.9. The maximum Gasteiger partial charge on any atom is 0.269 e. The minimum atomic E-state index is -0.103. The Morgan fingerprint density at radius 3 is 2.74 bits per heavy atom. The molecule has 0 saturated carbocycles. The lowest BCUT2D eigenvalue weighted by Crippen LogP contribution is -2.23. The fourth-order valence-electron chi connectivity index (χ4n) is 2.84. The van der Waals surface area contributed by atoms with E-state index in [1.807, 2.05) is 48.7 Å². The third-order valence-electron chi connectivity index (χ3n) is 4.17. The van der Waals surface area contributed by atoms with Crippen LogP contribution in [0.15, 0.2) is 69.8 Å². The molecule has 0 radical (unpaired) electrons. The summed E-state index contributed by atoms with van der Waals surface area (Å²) in [6.45, 7) is 2.57. The number of fused-ring (bicyclic) bond motifs is 1. The average Bonchev–Trinajstić information content (AvgIpc) is 3.29. The van der Waals surface area contributed by atoms with E-state index >= 15 is 0 Å². The molecule has 0 bridgehead atoms. The van der Waals surface area contributed by atoms with Gasteiger partial charge in [0.1, 0.15) is 5.69 Å². The molecule has 3 nitrogen and oxygen atoms in total. The number of hydrogen-bond donors (Lipinski definition) is 2. The van der Waals surface area contributed by atoms with E-state index in [9.17, 15) is 4.79 Å². The van der Waals surface area contributed by atoms with Crippen LogP contribution in [-0.2, 0) is 6.54 Å². The number of benzene rings is 2. The third kappa shape index (κ3) is 4.05. The monoisotopic (exact) mass is 412 g/mol. The van der Waals surface area contributed by atoms with Crippen LogP contribution in [0, 0.1) is 6.92 Å². The van der Waals surface area contributed by atoms with E-state index in [-0.39, 0.29) is 5.91 Å². The van der Waals surface area contributed by atoms with Crippen LogP contribution in [0.25, 0.3) is 10.9 Å². The van der Waals surface area contributed by atoms with E-state index in [0.29, 0.717) is 17.3 Å². The summed E-state index contributed by atoms with van der Waals surface area (Å²) in [5, 5.41) is 6.77. The summed E-state index contributed by atoms with van der Waals surface area (Å²) in [6, 6.07) is 17.9. The number of H-pyrrole nitrogens is 1. The predicted molar refractivity (Wildman–Crippen MR) is 114 cm³/mol. The molecule has 6 heteroatoms. The van der Waals surface area contributed by atoms with Gasteiger partial charge in [-0.2, -0.15) is 0 Å². The topological polar surface area (TPSA) is 44.9 Å². The van der Waals surface area contributed by atoms with Crippen LogP contribution < -0.4 is 5.32 Å². The van der Waals surface area contributed by atoms with Gasteiger partial charge < -0.3 is 10.3 Å². The number of thiophene rings is 1. The van der Waals surface area contributed by atoms with Crippen molar-refractivity contribution in [3.05, 3.63) is 81.1 Å². The molecule has 2 N–H and O–H groups in total. The predicted octanol–water partition coefficient (Wildman–Crippen LogP) is 6.27. The number of carbonyl (C=O) groups excluding carboxylic acids is 1. The maximum absolute atomic E-state index is 12.9. The van der Waals surface area contributed by atoms with Crippen molar-refractivity contribution in [1.82, 2.24) is 10.3 Å². The molecule has 0 aliphatic heterocycles. The molecule has 0 unspecified atom stereocenters. The molecule has 0 atom stereocenters. The Balaban J connectivity index is 1.69. The zero-order valence-electron chi connectivity index (χ0n) is 14.6. The van der Waals surface area contributed by atoms with Crippen LogP contribution in [-0.4, -0.2) is 10.9 Å². The smallest absolute Gasteiger partial charge is 0.269 e. The van der Waals surface area contributed by atoms with Crippen LogP contribution in [0.5, 0.6) is 0 Å². The second-order valence-corrected chi connectivity index (χ2v) is 8.75. The molecule has 0 aliphatic carbocycles. The molecule has 4 aromatic rings. The Morgan fingerprint density at radius 2 is 2.00 bits per heavy atom. The van der Waals surface area contributed by atoms with Gasteiger partial charge >= 0.3 is 0 Å². The van der Waals surface area contributed by atoms with Gasteiger partial charge in [0.05, 0.1) is 11.4 Å². The molecular formula is C21H17ClN2OS2. The van der Waals surface area contributed by atoms with Crippen molar-refractivity contribution >= 4 is 51.5 Å². The van der Waals surface area contributed by atoms with Gasteiger partial charge in [0.25, 0.3) is 5.91 Å². The lowest BCUT2D eigenvalue weighted by atomic mass is 10.2. The van der Waals surface area contributed by atoms with Gasteiger partial charge in [-0.15, -0.1) is 11.3 Å². The highest BCUT2D eigenvalue weighted by Gasteiger charge is 2.19. The molecule has 1 amide bonds. The highest BCUT2D eigenvalue weighted by Crippen LogP contribution is 2.37. The lowest BCUT2D eigenvalue weighted by molar-refractivity contribution is 0.0944. The molecular weight excluding hydrogens is 396 g/mol. The molecule has 2 aromatic heterocycles. The van der Waals surface area contributed by atoms with Gasteiger partial charge in [-0.1, -0.05) is 41.6 Å². The number of aryl methyl sites for hydroxylation is 1. The molecule has 0 fully saturated rings. The number of halogens is 1. The number of amides is 1. The second-order valence-electron chi connectivity index (χ2n) is 6.20. The summed E-state index contributed by atoms with van der Waals surface area (Å²) in [5.41, 5.74) is 2.71. The number of aromatic amines is 1. The Kier molecular flexibility index (Phi) is 5.25. The summed E-state index contributed by atoms with van der Waals surface area (Å²) >= 11 is 9.20. The summed E-state index contributed by atoms with van der Waals surface area (Å²) in [7, 11) is 0. The van der Waals surface area contributed by atoms with Crippen LogP contribution in [0.2, 0.25) is 5.02 Å². The summed E-state index contributed by atoms with van der Waals surface area (Å²) in [5.74, 6) is -0.103. The van der Waals surface area contributed by atoms with Crippen LogP contribution in [0.3, 0.4) is 0 Å². The Morgan fingerprint density at radius 1 is 1.19 bits per heavy atom. The summed E-state index contributed by atoms with van der Waals surface area (Å²) in [4.78, 5) is 19.3. The molecule has 136 valence electrons. The molecule has 0 aliphatic rings. The first-order chi connectivity index (χ1) is 13.1. The van der Waals surface area contributed by atoms with E-state index in [0.717, 1.165) is 31.1 Å². The Bertz CT molecular complexity index is 1090. The minimum absolute atomic E-state index is 0.103. The number of aromatic nitrogens is 1. The SMILES string of the molecule is Cc1ccc2c(Sc3ccc(Cl)cc3)c(C(=O)NCc3cccs3)[nH]c2c1. The fraction of sp³-hybridized carbons (Fsp3) is 0.0952. The largest absolute Gasteiger partial charge is 0.350 e. The van der Waals surface area contributed by atoms with Gasteiger partial charge in [-0.3, -0.25) is 4.79 Å². The third-order valence-corrected chi connectivity index (χ3v) is 6.43. The van der Waals surface area contributed by atoms with Gasteiger partial charge in [-0.05, 0) is 54.3 Å². The van der Waals surface area contributed by atoms with Gasteiger partial charge in [-0.25, -0.2) is 0 Å². The average molecular weight is 413 g/mol. The van der Waals surface area contributed by atoms with E-state index in [1.54, 1.807) is 23.1 Å². The van der Waals surface area contributed by atoms with Gasteiger partial charge in [0.15, 0.2) is 0 Å². The van der Waals surface area contributed by atoms with Crippen molar-refractivity contribution in [3.63, 3.8) is 0 Å².